The average Bonchev–Trinajstić information content (AvgIpc) is 3.37. The van der Waals surface area contributed by atoms with Crippen LogP contribution in [0, 0.1) is 38.2 Å². The van der Waals surface area contributed by atoms with Crippen molar-refractivity contribution in [2.45, 2.75) is 32.0 Å². The van der Waals surface area contributed by atoms with Crippen LogP contribution in [-0.2, 0) is 11.2 Å². The Morgan fingerprint density at radius 1 is 0.884 bits per heavy atom. The molecule has 0 aliphatic rings. The summed E-state index contributed by atoms with van der Waals surface area (Å²) in [5.74, 6) is -4.41. The van der Waals surface area contributed by atoms with Gasteiger partial charge in [-0.1, -0.05) is 0 Å². The molecule has 220 valence electrons. The van der Waals surface area contributed by atoms with Gasteiger partial charge in [-0.15, -0.1) is 0 Å². The number of nitrogens with zero attached hydrogens (tertiary/aromatic N) is 1. The number of hydrogen-bond donors (Lipinski definition) is 1. The van der Waals surface area contributed by atoms with Crippen molar-refractivity contribution in [3.05, 3.63) is 124 Å². The van der Waals surface area contributed by atoms with E-state index in [0.717, 1.165) is 44.0 Å². The van der Waals surface area contributed by atoms with Gasteiger partial charge in [0.2, 0.25) is 0 Å². The number of ether oxygens (including phenoxy) is 1. The zero-order chi connectivity index (χ0) is 30.7. The number of hydrogen-bond acceptors (Lipinski definition) is 4. The maximum absolute atomic E-state index is 13.8. The van der Waals surface area contributed by atoms with E-state index in [1.807, 2.05) is 44.2 Å². The average molecular weight is 667 g/mol. The van der Waals surface area contributed by atoms with E-state index in [0.29, 0.717) is 17.7 Å². The maximum atomic E-state index is 13.8. The van der Waals surface area contributed by atoms with E-state index >= 15 is 0 Å². The molecule has 0 saturated heterocycles. The summed E-state index contributed by atoms with van der Waals surface area (Å²) in [6.45, 7) is 5.58. The number of aromatic nitrogens is 1. The summed E-state index contributed by atoms with van der Waals surface area (Å²) < 4.78 is 47.7. The molecule has 1 unspecified atom stereocenters. The molecule has 0 aliphatic carbocycles. The number of carboxylic acid groups (broad SMARTS) is 1. The molecule has 0 amide bonds. The molecule has 5 aromatic rings. The fourth-order valence-corrected chi connectivity index (χ4v) is 8.92. The van der Waals surface area contributed by atoms with Gasteiger partial charge in [-0.05, 0) is 0 Å². The fraction of sp³-hybridized carbons (Fsp3) is 0.176. The number of aryl methyl sites for hydroxylation is 3. The molecule has 43 heavy (non-hydrogen) atoms. The molecule has 0 spiro atoms. The molecule has 0 radical (unpaired) electrons. The zero-order valence-corrected chi connectivity index (χ0v) is 26.2. The zero-order valence-electron chi connectivity index (χ0n) is 23.7. The van der Waals surface area contributed by atoms with E-state index in [-0.39, 0.29) is 25.3 Å². The first kappa shape index (κ1) is 30.5. The molecule has 5 rings (SSSR count). The summed E-state index contributed by atoms with van der Waals surface area (Å²) in [4.78, 5) is 17.2. The van der Waals surface area contributed by atoms with Gasteiger partial charge in [0.05, 0.1) is 0 Å². The van der Waals surface area contributed by atoms with E-state index in [1.54, 1.807) is 23.5 Å². The van der Waals surface area contributed by atoms with Crippen molar-refractivity contribution in [3.63, 3.8) is 0 Å². The van der Waals surface area contributed by atoms with E-state index in [9.17, 15) is 18.0 Å². The van der Waals surface area contributed by atoms with Gasteiger partial charge in [0.1, 0.15) is 0 Å². The standard InChI is InChI=1S/C34H28F3NO3SSe/c1-19-4-8-24(9-5-19)34-38-21(3)33(42-34)30(43-26-12-13-29(20(2)14-26)41-18-31(39)40)15-22-6-10-23(11-7-22)25-16-27(35)32(37)28(36)17-25/h4-14,16-17,30H,15,18H2,1-3H3,(H,39,40). The van der Waals surface area contributed by atoms with Gasteiger partial charge in [-0.3, -0.25) is 0 Å². The number of rotatable bonds is 10. The summed E-state index contributed by atoms with van der Waals surface area (Å²) in [7, 11) is 0. The van der Waals surface area contributed by atoms with Gasteiger partial charge in [-0.25, -0.2) is 0 Å². The van der Waals surface area contributed by atoms with Crippen molar-refractivity contribution in [1.29, 1.82) is 0 Å². The van der Waals surface area contributed by atoms with Crippen molar-refractivity contribution in [2.24, 2.45) is 0 Å². The summed E-state index contributed by atoms with van der Waals surface area (Å²) in [5, 5.41) is 9.93. The van der Waals surface area contributed by atoms with E-state index in [1.165, 1.54) is 10.4 Å². The SMILES string of the molecule is Cc1ccc(-c2nc(C)c(C(Cc3ccc(-c4cc(F)c(F)c(F)c4)cc3)[Se]c3ccc(OCC(=O)O)c(C)c3)s2)cc1. The summed E-state index contributed by atoms with van der Waals surface area (Å²) in [6.07, 6.45) is 0.707. The molecule has 0 saturated carbocycles. The molecule has 0 fully saturated rings. The molecule has 9 heteroatoms. The number of carbonyl (C=O) groups is 1. The van der Waals surface area contributed by atoms with Gasteiger partial charge >= 0.3 is 259 Å². The number of carboxylic acids is 1. The number of benzene rings is 4. The summed E-state index contributed by atoms with van der Waals surface area (Å²) in [6, 6.07) is 23.6. The third-order valence-corrected chi connectivity index (χ3v) is 11.1. The quantitative estimate of drug-likeness (QED) is 0.123. The minimum atomic E-state index is -1.48. The van der Waals surface area contributed by atoms with Crippen molar-refractivity contribution < 1.29 is 27.8 Å². The van der Waals surface area contributed by atoms with Gasteiger partial charge in [0, 0.05) is 0 Å². The van der Waals surface area contributed by atoms with Crippen LogP contribution in [0.15, 0.2) is 78.9 Å². The second-order valence-corrected chi connectivity index (χ2v) is 13.9. The van der Waals surface area contributed by atoms with Crippen molar-refractivity contribution in [2.75, 3.05) is 6.61 Å². The Labute approximate surface area is 258 Å². The van der Waals surface area contributed by atoms with Crippen LogP contribution in [0.2, 0.25) is 0 Å². The Hall–Kier alpha value is -3.91. The first-order valence-electron chi connectivity index (χ1n) is 13.5. The summed E-state index contributed by atoms with van der Waals surface area (Å²) in [5.41, 5.74) is 5.98. The topological polar surface area (TPSA) is 59.4 Å². The second-order valence-electron chi connectivity index (χ2n) is 10.2. The monoisotopic (exact) mass is 667 g/mol. The minimum absolute atomic E-state index is 0.0280. The number of thiazole rings is 1. The molecule has 4 aromatic carbocycles. The molecule has 0 bridgehead atoms. The molecule has 1 heterocycles. The third kappa shape index (κ3) is 7.36. The fourth-order valence-electron chi connectivity index (χ4n) is 4.64. The van der Waals surface area contributed by atoms with Crippen molar-refractivity contribution in [1.82, 2.24) is 4.98 Å². The van der Waals surface area contributed by atoms with Crippen LogP contribution in [0.25, 0.3) is 21.7 Å². The van der Waals surface area contributed by atoms with E-state index in [2.05, 4.69) is 31.2 Å². The Morgan fingerprint density at radius 2 is 1.53 bits per heavy atom. The molecular weight excluding hydrogens is 638 g/mol. The van der Waals surface area contributed by atoms with Crippen molar-refractivity contribution >= 4 is 36.7 Å². The Kier molecular flexibility index (Phi) is 9.35. The van der Waals surface area contributed by atoms with Crippen LogP contribution in [0.4, 0.5) is 13.2 Å². The molecule has 1 aromatic heterocycles. The Bertz CT molecular complexity index is 1750. The third-order valence-electron chi connectivity index (χ3n) is 6.89. The van der Waals surface area contributed by atoms with Crippen LogP contribution in [-0.4, -0.2) is 37.6 Å². The predicted molar refractivity (Wildman–Crippen MR) is 165 cm³/mol. The molecule has 1 N–H and O–H groups in total. The Morgan fingerprint density at radius 3 is 2.16 bits per heavy atom. The van der Waals surface area contributed by atoms with Crippen molar-refractivity contribution in [3.8, 4) is 27.4 Å². The van der Waals surface area contributed by atoms with Crippen LogP contribution < -0.4 is 9.20 Å². The molecule has 0 aliphatic heterocycles. The predicted octanol–water partition coefficient (Wildman–Crippen LogP) is 7.60. The van der Waals surface area contributed by atoms with Crippen LogP contribution >= 0.6 is 11.3 Å². The summed E-state index contributed by atoms with van der Waals surface area (Å²) >= 11 is 1.66. The molecule has 4 nitrogen and oxygen atoms in total. The van der Waals surface area contributed by atoms with E-state index < -0.39 is 30.0 Å². The van der Waals surface area contributed by atoms with E-state index in [4.69, 9.17) is 14.8 Å². The molecular formula is C34H28F3NO3SSe. The first-order valence-corrected chi connectivity index (χ1v) is 16.1. The number of aliphatic carboxylic acids is 1. The van der Waals surface area contributed by atoms with Gasteiger partial charge < -0.3 is 0 Å². The normalized spacial score (nSPS) is 11.9. The van der Waals surface area contributed by atoms with Gasteiger partial charge in [-0.2, -0.15) is 0 Å². The van der Waals surface area contributed by atoms with Gasteiger partial charge in [0.15, 0.2) is 0 Å². The van der Waals surface area contributed by atoms with Crippen LogP contribution in [0.3, 0.4) is 0 Å². The Balaban J connectivity index is 1.45. The van der Waals surface area contributed by atoms with Gasteiger partial charge in [0.25, 0.3) is 0 Å². The molecule has 1 atom stereocenters. The van der Waals surface area contributed by atoms with Crippen LogP contribution in [0.1, 0.15) is 32.1 Å². The second kappa shape index (κ2) is 13.2. The van der Waals surface area contributed by atoms with Crippen LogP contribution in [0.5, 0.6) is 5.75 Å². The first-order chi connectivity index (χ1) is 20.6. The number of halogens is 3.